The number of aromatic amines is 1. The zero-order valence-corrected chi connectivity index (χ0v) is 20.1. The van der Waals surface area contributed by atoms with Crippen LogP contribution in [-0.4, -0.2) is 26.1 Å². The molecule has 0 spiro atoms. The number of benzene rings is 3. The Hall–Kier alpha value is -3.57. The van der Waals surface area contributed by atoms with Crippen LogP contribution >= 0.6 is 11.6 Å². The third kappa shape index (κ3) is 3.76. The normalized spacial score (nSPS) is 15.1. The summed E-state index contributed by atoms with van der Waals surface area (Å²) in [4.78, 5) is 15.5. The molecule has 6 heteroatoms. The monoisotopic (exact) mass is 471 g/mol. The van der Waals surface area contributed by atoms with Gasteiger partial charge in [0.15, 0.2) is 0 Å². The summed E-state index contributed by atoms with van der Waals surface area (Å²) in [6.45, 7) is 6.46. The van der Waals surface area contributed by atoms with Gasteiger partial charge in [-0.25, -0.2) is 0 Å². The summed E-state index contributed by atoms with van der Waals surface area (Å²) in [6, 6.07) is 19.6. The number of amides is 1. The van der Waals surface area contributed by atoms with Gasteiger partial charge in [0.2, 0.25) is 0 Å². The lowest BCUT2D eigenvalue weighted by Crippen LogP contribution is -2.29. The molecular formula is C28H26ClN3O2. The molecule has 172 valence electrons. The number of H-pyrrole nitrogens is 1. The fourth-order valence-corrected chi connectivity index (χ4v) is 4.76. The highest BCUT2D eigenvalue weighted by Gasteiger charge is 2.42. The maximum absolute atomic E-state index is 13.6. The molecule has 1 atom stereocenters. The van der Waals surface area contributed by atoms with Crippen LogP contribution in [0.4, 0.5) is 0 Å². The van der Waals surface area contributed by atoms with Crippen LogP contribution < -0.4 is 0 Å². The van der Waals surface area contributed by atoms with Crippen molar-refractivity contribution in [2.75, 3.05) is 0 Å². The maximum Gasteiger partial charge on any atom is 0.273 e. The number of halogens is 1. The van der Waals surface area contributed by atoms with E-state index in [0.29, 0.717) is 28.5 Å². The average molecular weight is 472 g/mol. The molecule has 4 aromatic rings. The van der Waals surface area contributed by atoms with Crippen LogP contribution in [0.15, 0.2) is 60.7 Å². The predicted octanol–water partition coefficient (Wildman–Crippen LogP) is 6.36. The standard InChI is InChI=1S/C28H26ClN3O2/c1-4-18-9-11-20(12-10-18)27-24-25(21-14-22(29)17(3)13-23(21)33)30-31-26(24)28(34)32(27)15-19-7-5-16(2)6-8-19/h5-14,27,33H,4,15H2,1-3H3,(H,30,31). The van der Waals surface area contributed by atoms with Crippen molar-refractivity contribution >= 4 is 17.5 Å². The first-order valence-corrected chi connectivity index (χ1v) is 11.8. The van der Waals surface area contributed by atoms with Crippen LogP contribution in [0.5, 0.6) is 5.75 Å². The molecule has 0 saturated heterocycles. The van der Waals surface area contributed by atoms with E-state index in [2.05, 4.69) is 65.7 Å². The first-order chi connectivity index (χ1) is 16.4. The molecule has 2 N–H and O–H groups in total. The molecule has 3 aromatic carbocycles. The van der Waals surface area contributed by atoms with E-state index in [9.17, 15) is 9.90 Å². The summed E-state index contributed by atoms with van der Waals surface area (Å²) in [5.74, 6) is -0.0303. The third-order valence-corrected chi connectivity index (χ3v) is 6.98. The molecule has 0 aliphatic carbocycles. The smallest absolute Gasteiger partial charge is 0.273 e. The minimum Gasteiger partial charge on any atom is -0.507 e. The minimum absolute atomic E-state index is 0.0840. The highest BCUT2D eigenvalue weighted by atomic mass is 35.5. The summed E-state index contributed by atoms with van der Waals surface area (Å²) in [5.41, 5.74) is 7.48. The molecular weight excluding hydrogens is 446 g/mol. The second kappa shape index (κ2) is 8.65. The number of phenolic OH excluding ortho intramolecular Hbond substituents is 1. The topological polar surface area (TPSA) is 69.2 Å². The number of hydrogen-bond acceptors (Lipinski definition) is 3. The molecule has 0 bridgehead atoms. The summed E-state index contributed by atoms with van der Waals surface area (Å²) in [5, 5.41) is 18.7. The number of aromatic hydroxyl groups is 1. The van der Waals surface area contributed by atoms with Gasteiger partial charge in [-0.2, -0.15) is 5.10 Å². The van der Waals surface area contributed by atoms with Crippen molar-refractivity contribution in [3.63, 3.8) is 0 Å². The lowest BCUT2D eigenvalue weighted by Gasteiger charge is -2.27. The molecule has 1 unspecified atom stereocenters. The van der Waals surface area contributed by atoms with Gasteiger partial charge in [0.1, 0.15) is 17.1 Å². The SMILES string of the molecule is CCc1ccc(C2c3c(-c4cc(Cl)c(C)cc4O)n[nH]c3C(=O)N2Cc2ccc(C)cc2)cc1. The first-order valence-electron chi connectivity index (χ1n) is 11.4. The van der Waals surface area contributed by atoms with Crippen molar-refractivity contribution in [1.29, 1.82) is 0 Å². The number of aromatic nitrogens is 2. The third-order valence-electron chi connectivity index (χ3n) is 6.57. The molecule has 0 saturated carbocycles. The Morgan fingerprint density at radius 3 is 2.38 bits per heavy atom. The lowest BCUT2D eigenvalue weighted by molar-refractivity contribution is 0.0730. The van der Waals surface area contributed by atoms with E-state index in [-0.39, 0.29) is 17.7 Å². The molecule has 5 rings (SSSR count). The van der Waals surface area contributed by atoms with E-state index >= 15 is 0 Å². The molecule has 5 nitrogen and oxygen atoms in total. The quantitative estimate of drug-likeness (QED) is 0.356. The Kier molecular flexibility index (Phi) is 5.66. The van der Waals surface area contributed by atoms with Gasteiger partial charge < -0.3 is 10.0 Å². The number of nitrogens with one attached hydrogen (secondary N) is 1. The predicted molar refractivity (Wildman–Crippen MR) is 134 cm³/mol. The van der Waals surface area contributed by atoms with Crippen LogP contribution in [-0.2, 0) is 13.0 Å². The van der Waals surface area contributed by atoms with Crippen LogP contribution in [0.3, 0.4) is 0 Å². The van der Waals surface area contributed by atoms with Gasteiger partial charge in [-0.3, -0.25) is 9.89 Å². The summed E-state index contributed by atoms with van der Waals surface area (Å²) in [6.07, 6.45) is 0.939. The lowest BCUT2D eigenvalue weighted by atomic mass is 9.94. The molecule has 0 fully saturated rings. The number of phenols is 1. The Bertz CT molecular complexity index is 1370. The Morgan fingerprint density at radius 1 is 1.03 bits per heavy atom. The van der Waals surface area contributed by atoms with Gasteiger partial charge in [-0.15, -0.1) is 0 Å². The van der Waals surface area contributed by atoms with Gasteiger partial charge >= 0.3 is 0 Å². The fraction of sp³-hybridized carbons (Fsp3) is 0.214. The summed E-state index contributed by atoms with van der Waals surface area (Å²) < 4.78 is 0. The van der Waals surface area contributed by atoms with Crippen molar-refractivity contribution in [1.82, 2.24) is 15.1 Å². The van der Waals surface area contributed by atoms with Crippen LogP contribution in [0, 0.1) is 13.8 Å². The van der Waals surface area contributed by atoms with Crippen molar-refractivity contribution in [3.8, 4) is 17.0 Å². The van der Waals surface area contributed by atoms with Crippen LogP contribution in [0.2, 0.25) is 5.02 Å². The van der Waals surface area contributed by atoms with Crippen molar-refractivity contribution in [2.24, 2.45) is 0 Å². The second-order valence-corrected chi connectivity index (χ2v) is 9.30. The van der Waals surface area contributed by atoms with Crippen molar-refractivity contribution in [3.05, 3.63) is 105 Å². The first kappa shape index (κ1) is 22.2. The number of aryl methyl sites for hydroxylation is 3. The number of nitrogens with zero attached hydrogens (tertiary/aromatic N) is 2. The zero-order valence-electron chi connectivity index (χ0n) is 19.4. The number of hydrogen-bond donors (Lipinski definition) is 2. The van der Waals surface area contributed by atoms with E-state index < -0.39 is 0 Å². The van der Waals surface area contributed by atoms with E-state index in [4.69, 9.17) is 11.6 Å². The number of carbonyl (C=O) groups excluding carboxylic acids is 1. The maximum atomic E-state index is 13.6. The Morgan fingerprint density at radius 2 is 1.71 bits per heavy atom. The molecule has 1 amide bonds. The Balaban J connectivity index is 1.66. The molecule has 1 aromatic heterocycles. The summed E-state index contributed by atoms with van der Waals surface area (Å²) >= 11 is 6.39. The van der Waals surface area contributed by atoms with Crippen LogP contribution in [0.1, 0.15) is 56.8 Å². The van der Waals surface area contributed by atoms with Crippen LogP contribution in [0.25, 0.3) is 11.3 Å². The molecule has 34 heavy (non-hydrogen) atoms. The molecule has 1 aliphatic rings. The fourth-order valence-electron chi connectivity index (χ4n) is 4.59. The molecule has 0 radical (unpaired) electrons. The highest BCUT2D eigenvalue weighted by Crippen LogP contribution is 2.45. The van der Waals surface area contributed by atoms with Gasteiger partial charge in [0.05, 0.1) is 6.04 Å². The molecule has 1 aliphatic heterocycles. The van der Waals surface area contributed by atoms with Gasteiger partial charge in [0, 0.05) is 22.7 Å². The molecule has 2 heterocycles. The minimum atomic E-state index is -0.345. The zero-order chi connectivity index (χ0) is 24.0. The van der Waals surface area contributed by atoms with E-state index in [0.717, 1.165) is 28.7 Å². The highest BCUT2D eigenvalue weighted by molar-refractivity contribution is 6.31. The van der Waals surface area contributed by atoms with Crippen molar-refractivity contribution < 1.29 is 9.90 Å². The van der Waals surface area contributed by atoms with E-state index in [1.54, 1.807) is 12.1 Å². The Labute approximate surface area is 204 Å². The summed E-state index contributed by atoms with van der Waals surface area (Å²) in [7, 11) is 0. The number of carbonyl (C=O) groups is 1. The van der Waals surface area contributed by atoms with E-state index in [1.165, 1.54) is 11.1 Å². The van der Waals surface area contributed by atoms with Crippen molar-refractivity contribution in [2.45, 2.75) is 39.8 Å². The van der Waals surface area contributed by atoms with Gasteiger partial charge in [-0.05, 0) is 54.7 Å². The number of fused-ring (bicyclic) bond motifs is 1. The number of rotatable bonds is 5. The van der Waals surface area contributed by atoms with E-state index in [1.807, 2.05) is 18.7 Å². The van der Waals surface area contributed by atoms with Gasteiger partial charge in [-0.1, -0.05) is 72.6 Å². The van der Waals surface area contributed by atoms with Gasteiger partial charge in [0.25, 0.3) is 5.91 Å². The average Bonchev–Trinajstić information content (AvgIpc) is 3.37. The second-order valence-electron chi connectivity index (χ2n) is 8.90. The largest absolute Gasteiger partial charge is 0.507 e.